The number of nitro benzene ring substituents is 1. The van der Waals surface area contributed by atoms with Crippen LogP contribution in [0.25, 0.3) is 0 Å². The van der Waals surface area contributed by atoms with Crippen molar-refractivity contribution in [2.45, 2.75) is 39.2 Å². The molecule has 1 aromatic carbocycles. The van der Waals surface area contributed by atoms with Crippen molar-refractivity contribution in [3.63, 3.8) is 0 Å². The van der Waals surface area contributed by atoms with E-state index in [1.54, 1.807) is 0 Å². The van der Waals surface area contributed by atoms with Crippen molar-refractivity contribution in [3.8, 4) is 0 Å². The van der Waals surface area contributed by atoms with E-state index in [-0.39, 0.29) is 27.4 Å². The minimum absolute atomic E-state index is 0.0932. The number of nitrogens with one attached hydrogen (secondary N) is 3. The Bertz CT molecular complexity index is 685. The summed E-state index contributed by atoms with van der Waals surface area (Å²) in [6.45, 7) is 4.40. The van der Waals surface area contributed by atoms with Crippen LogP contribution in [0, 0.1) is 22.0 Å². The van der Waals surface area contributed by atoms with Crippen LogP contribution in [-0.4, -0.2) is 22.0 Å². The van der Waals surface area contributed by atoms with Gasteiger partial charge in [-0.3, -0.25) is 25.8 Å². The highest BCUT2D eigenvalue weighted by Gasteiger charge is 2.27. The molecule has 0 aliphatic heterocycles. The number of halogens is 1. The van der Waals surface area contributed by atoms with Crippen molar-refractivity contribution < 1.29 is 9.72 Å². The van der Waals surface area contributed by atoms with Gasteiger partial charge < -0.3 is 5.32 Å². The SMILES string of the molecule is C[C@@H]1[C@@H](C)CCC[C@H]1NC(=S)NNC(=O)c1ccc(Cl)cc1[N+](=O)[O-]. The molecule has 1 aliphatic rings. The van der Waals surface area contributed by atoms with E-state index in [2.05, 4.69) is 30.0 Å². The normalized spacial score (nSPS) is 22.8. The van der Waals surface area contributed by atoms with Gasteiger partial charge in [0.1, 0.15) is 5.56 Å². The quantitative estimate of drug-likeness (QED) is 0.420. The van der Waals surface area contributed by atoms with E-state index in [0.717, 1.165) is 18.9 Å². The van der Waals surface area contributed by atoms with Crippen LogP contribution in [0.4, 0.5) is 5.69 Å². The molecule has 3 atom stereocenters. The molecule has 1 amide bonds. The van der Waals surface area contributed by atoms with Gasteiger partial charge in [-0.1, -0.05) is 38.3 Å². The third-order valence-electron chi connectivity index (χ3n) is 4.71. The Morgan fingerprint density at radius 2 is 2.04 bits per heavy atom. The number of hydrogen-bond donors (Lipinski definition) is 3. The molecule has 0 spiro atoms. The fourth-order valence-corrected chi connectivity index (χ4v) is 3.39. The van der Waals surface area contributed by atoms with Gasteiger partial charge in [0.15, 0.2) is 5.11 Å². The zero-order chi connectivity index (χ0) is 18.6. The summed E-state index contributed by atoms with van der Waals surface area (Å²) in [6.07, 6.45) is 3.36. The average Bonchev–Trinajstić information content (AvgIpc) is 2.56. The van der Waals surface area contributed by atoms with Crippen molar-refractivity contribution in [2.24, 2.45) is 11.8 Å². The van der Waals surface area contributed by atoms with Gasteiger partial charge in [-0.15, -0.1) is 0 Å². The molecule has 0 saturated heterocycles. The highest BCUT2D eigenvalue weighted by Crippen LogP contribution is 2.29. The first-order valence-corrected chi connectivity index (χ1v) is 8.89. The van der Waals surface area contributed by atoms with E-state index in [1.807, 2.05) is 0 Å². The van der Waals surface area contributed by atoms with Crippen LogP contribution in [0.3, 0.4) is 0 Å². The number of amides is 1. The Balaban J connectivity index is 1.94. The molecule has 1 fully saturated rings. The number of nitrogens with zero attached hydrogens (tertiary/aromatic N) is 1. The summed E-state index contributed by atoms with van der Waals surface area (Å²) in [5, 5.41) is 14.7. The van der Waals surface area contributed by atoms with Crippen molar-refractivity contribution >= 4 is 40.5 Å². The van der Waals surface area contributed by atoms with Gasteiger partial charge in [0, 0.05) is 17.1 Å². The number of hydrogen-bond acceptors (Lipinski definition) is 4. The Morgan fingerprint density at radius 3 is 2.72 bits per heavy atom. The van der Waals surface area contributed by atoms with E-state index in [0.29, 0.717) is 11.8 Å². The Hall–Kier alpha value is -1.93. The van der Waals surface area contributed by atoms with Crippen LogP contribution in [0.1, 0.15) is 43.5 Å². The molecule has 2 rings (SSSR count). The number of carbonyl (C=O) groups excluding carboxylic acids is 1. The van der Waals surface area contributed by atoms with Crippen LogP contribution < -0.4 is 16.2 Å². The molecule has 25 heavy (non-hydrogen) atoms. The minimum atomic E-state index is -0.655. The standard InChI is InChI=1S/C16H21ClN4O3S/c1-9-4-3-5-13(10(9)2)18-16(25)20-19-15(22)12-7-6-11(17)8-14(12)21(23)24/h6-10,13H,3-5H2,1-2H3,(H,19,22)(H2,18,20,25)/t9-,10+,13+/m0/s1. The predicted molar refractivity (Wildman–Crippen MR) is 100 cm³/mol. The first kappa shape index (κ1) is 19.4. The summed E-state index contributed by atoms with van der Waals surface area (Å²) in [5.74, 6) is 0.430. The molecule has 1 aromatic rings. The Labute approximate surface area is 156 Å². The number of benzene rings is 1. The third-order valence-corrected chi connectivity index (χ3v) is 5.17. The summed E-state index contributed by atoms with van der Waals surface area (Å²) in [6, 6.07) is 4.10. The molecule has 136 valence electrons. The molecule has 0 radical (unpaired) electrons. The number of carbonyl (C=O) groups is 1. The molecule has 1 aliphatic carbocycles. The second-order valence-corrected chi connectivity index (χ2v) is 7.19. The lowest BCUT2D eigenvalue weighted by Crippen LogP contribution is -2.52. The van der Waals surface area contributed by atoms with Crippen LogP contribution in [0.5, 0.6) is 0 Å². The van der Waals surface area contributed by atoms with Gasteiger partial charge >= 0.3 is 0 Å². The van der Waals surface area contributed by atoms with Gasteiger partial charge in [-0.2, -0.15) is 0 Å². The van der Waals surface area contributed by atoms with E-state index < -0.39 is 10.8 Å². The monoisotopic (exact) mass is 384 g/mol. The largest absolute Gasteiger partial charge is 0.358 e. The molecule has 0 heterocycles. The molecule has 0 unspecified atom stereocenters. The lowest BCUT2D eigenvalue weighted by molar-refractivity contribution is -0.385. The molecule has 7 nitrogen and oxygen atoms in total. The van der Waals surface area contributed by atoms with Crippen molar-refractivity contribution in [3.05, 3.63) is 38.9 Å². The number of hydrazine groups is 1. The smallest absolute Gasteiger partial charge is 0.283 e. The van der Waals surface area contributed by atoms with Crippen molar-refractivity contribution in [2.75, 3.05) is 0 Å². The Kier molecular flexibility index (Phi) is 6.55. The maximum absolute atomic E-state index is 12.2. The lowest BCUT2D eigenvalue weighted by Gasteiger charge is -2.35. The lowest BCUT2D eigenvalue weighted by atomic mass is 9.78. The molecular weight excluding hydrogens is 364 g/mol. The molecule has 3 N–H and O–H groups in total. The second-order valence-electron chi connectivity index (χ2n) is 6.34. The fourth-order valence-electron chi connectivity index (χ4n) is 3.02. The molecule has 1 saturated carbocycles. The van der Waals surface area contributed by atoms with Gasteiger partial charge in [-0.25, -0.2) is 0 Å². The predicted octanol–water partition coefficient (Wildman–Crippen LogP) is 3.18. The first-order chi connectivity index (χ1) is 11.8. The average molecular weight is 385 g/mol. The van der Waals surface area contributed by atoms with Crippen LogP contribution in [0.2, 0.25) is 5.02 Å². The van der Waals surface area contributed by atoms with Gasteiger partial charge in [0.05, 0.1) is 4.92 Å². The van der Waals surface area contributed by atoms with Crippen LogP contribution in [-0.2, 0) is 0 Å². The first-order valence-electron chi connectivity index (χ1n) is 8.10. The van der Waals surface area contributed by atoms with Crippen LogP contribution >= 0.6 is 23.8 Å². The summed E-state index contributed by atoms with van der Waals surface area (Å²) in [5.41, 5.74) is 4.54. The third kappa shape index (κ3) is 5.02. The van der Waals surface area contributed by atoms with E-state index in [9.17, 15) is 14.9 Å². The number of thiocarbonyl (C=S) groups is 1. The maximum Gasteiger partial charge on any atom is 0.283 e. The zero-order valence-electron chi connectivity index (χ0n) is 14.0. The summed E-state index contributed by atoms with van der Waals surface area (Å²) < 4.78 is 0. The fraction of sp³-hybridized carbons (Fsp3) is 0.500. The van der Waals surface area contributed by atoms with Gasteiger partial charge in [-0.05, 0) is 42.6 Å². The number of rotatable bonds is 3. The highest BCUT2D eigenvalue weighted by atomic mass is 35.5. The van der Waals surface area contributed by atoms with Gasteiger partial charge in [0.2, 0.25) is 0 Å². The molecule has 9 heteroatoms. The number of nitro groups is 1. The van der Waals surface area contributed by atoms with E-state index in [1.165, 1.54) is 18.6 Å². The van der Waals surface area contributed by atoms with Crippen molar-refractivity contribution in [1.82, 2.24) is 16.2 Å². The Morgan fingerprint density at radius 1 is 1.32 bits per heavy atom. The van der Waals surface area contributed by atoms with Gasteiger partial charge in [0.25, 0.3) is 11.6 Å². The summed E-state index contributed by atoms with van der Waals surface area (Å²) in [4.78, 5) is 22.6. The summed E-state index contributed by atoms with van der Waals surface area (Å²) in [7, 11) is 0. The van der Waals surface area contributed by atoms with Crippen LogP contribution in [0.15, 0.2) is 18.2 Å². The molecule has 0 bridgehead atoms. The highest BCUT2D eigenvalue weighted by molar-refractivity contribution is 7.80. The van der Waals surface area contributed by atoms with E-state index >= 15 is 0 Å². The second kappa shape index (κ2) is 8.44. The topological polar surface area (TPSA) is 96.3 Å². The minimum Gasteiger partial charge on any atom is -0.358 e. The maximum atomic E-state index is 12.2. The molecule has 0 aromatic heterocycles. The zero-order valence-corrected chi connectivity index (χ0v) is 15.6. The summed E-state index contributed by atoms with van der Waals surface area (Å²) >= 11 is 11.0. The van der Waals surface area contributed by atoms with Crippen molar-refractivity contribution in [1.29, 1.82) is 0 Å². The van der Waals surface area contributed by atoms with E-state index in [4.69, 9.17) is 23.8 Å². The molecular formula is C16H21ClN4O3S.